The molecule has 0 unspecified atom stereocenters. The molecular weight excluding hydrogens is 262 g/mol. The minimum atomic E-state index is 0.685. The molecule has 2 N–H and O–H groups in total. The second kappa shape index (κ2) is 5.41. The monoisotopic (exact) mass is 279 g/mol. The van der Waals surface area contributed by atoms with Crippen LogP contribution >= 0.6 is 11.6 Å². The van der Waals surface area contributed by atoms with Crippen molar-refractivity contribution in [3.8, 4) is 0 Å². The van der Waals surface area contributed by atoms with Crippen LogP contribution in [0.5, 0.6) is 0 Å². The average Bonchev–Trinajstić information content (AvgIpc) is 3.05. The summed E-state index contributed by atoms with van der Waals surface area (Å²) in [6, 6.07) is 5.67. The molecule has 19 heavy (non-hydrogen) atoms. The van der Waals surface area contributed by atoms with Gasteiger partial charge in [-0.1, -0.05) is 11.6 Å². The summed E-state index contributed by atoms with van der Waals surface area (Å²) in [5.74, 6) is 0. The Labute approximate surface area is 117 Å². The van der Waals surface area contributed by atoms with Gasteiger partial charge in [-0.2, -0.15) is 0 Å². The summed E-state index contributed by atoms with van der Waals surface area (Å²) in [6.45, 7) is 4.39. The number of fused-ring (bicyclic) bond motifs is 1. The first-order valence-electron chi connectivity index (χ1n) is 6.69. The van der Waals surface area contributed by atoms with E-state index in [4.69, 9.17) is 16.8 Å². The molecule has 1 aromatic carbocycles. The van der Waals surface area contributed by atoms with Gasteiger partial charge in [-0.25, -0.2) is 0 Å². The van der Waals surface area contributed by atoms with Gasteiger partial charge in [0.1, 0.15) is 0 Å². The number of halogens is 1. The van der Waals surface area contributed by atoms with E-state index >= 15 is 0 Å². The van der Waals surface area contributed by atoms with Gasteiger partial charge in [-0.05, 0) is 44.1 Å². The van der Waals surface area contributed by atoms with E-state index in [1.165, 1.54) is 25.9 Å². The molecule has 2 aromatic rings. The third kappa shape index (κ3) is 2.56. The first-order valence-corrected chi connectivity index (χ1v) is 7.06. The summed E-state index contributed by atoms with van der Waals surface area (Å²) in [4.78, 5) is 2.48. The van der Waals surface area contributed by atoms with Crippen LogP contribution in [0.15, 0.2) is 24.4 Å². The summed E-state index contributed by atoms with van der Waals surface area (Å²) >= 11 is 6.25. The number of nitrogens with zero attached hydrogens (tertiary/aromatic N) is 2. The van der Waals surface area contributed by atoms with E-state index in [0.29, 0.717) is 5.69 Å². The van der Waals surface area contributed by atoms with Crippen LogP contribution in [0, 0.1) is 0 Å². The van der Waals surface area contributed by atoms with Crippen molar-refractivity contribution in [2.45, 2.75) is 19.4 Å². The summed E-state index contributed by atoms with van der Waals surface area (Å²) in [5.41, 5.74) is 3.93. The number of benzene rings is 1. The van der Waals surface area contributed by atoms with Gasteiger partial charge in [0.25, 0.3) is 0 Å². The number of hydrogen-bond acceptors (Lipinski definition) is 3. The lowest BCUT2D eigenvalue weighted by atomic mass is 10.2. The van der Waals surface area contributed by atoms with Crippen LogP contribution < -0.4 is 5.48 Å². The molecule has 2 heterocycles. The van der Waals surface area contributed by atoms with Crippen molar-refractivity contribution in [3.63, 3.8) is 0 Å². The summed E-state index contributed by atoms with van der Waals surface area (Å²) in [6.07, 6.45) is 4.60. The molecule has 0 bridgehead atoms. The number of rotatable bonds is 4. The highest BCUT2D eigenvalue weighted by Crippen LogP contribution is 2.28. The third-order valence-corrected chi connectivity index (χ3v) is 4.12. The molecule has 0 spiro atoms. The van der Waals surface area contributed by atoms with Gasteiger partial charge in [-0.3, -0.25) is 10.7 Å². The Morgan fingerprint density at radius 2 is 2.00 bits per heavy atom. The Morgan fingerprint density at radius 3 is 2.74 bits per heavy atom. The van der Waals surface area contributed by atoms with Gasteiger partial charge < -0.3 is 9.47 Å². The highest BCUT2D eigenvalue weighted by Gasteiger charge is 2.12. The molecule has 5 heteroatoms. The molecular formula is C14H18ClN3O. The molecule has 0 amide bonds. The molecule has 1 aliphatic rings. The first kappa shape index (κ1) is 12.8. The Morgan fingerprint density at radius 1 is 1.21 bits per heavy atom. The predicted molar refractivity (Wildman–Crippen MR) is 78.0 cm³/mol. The van der Waals surface area contributed by atoms with Gasteiger partial charge in [0, 0.05) is 24.7 Å². The average molecular weight is 280 g/mol. The Hall–Kier alpha value is -1.23. The lowest BCUT2D eigenvalue weighted by Crippen LogP contribution is -2.23. The normalized spacial score (nSPS) is 16.3. The summed E-state index contributed by atoms with van der Waals surface area (Å²) < 4.78 is 2.16. The van der Waals surface area contributed by atoms with Crippen LogP contribution in [-0.2, 0) is 6.54 Å². The van der Waals surface area contributed by atoms with Crippen molar-refractivity contribution < 1.29 is 5.21 Å². The maximum Gasteiger partial charge on any atom is 0.0661 e. The fraction of sp³-hybridized carbons (Fsp3) is 0.429. The van der Waals surface area contributed by atoms with E-state index in [0.717, 1.165) is 29.0 Å². The summed E-state index contributed by atoms with van der Waals surface area (Å²) in [7, 11) is 0. The number of hydrogen-bond donors (Lipinski definition) is 2. The molecule has 1 aromatic heterocycles. The van der Waals surface area contributed by atoms with Crippen molar-refractivity contribution in [1.29, 1.82) is 0 Å². The minimum Gasteiger partial charge on any atom is -0.345 e. The lowest BCUT2D eigenvalue weighted by molar-refractivity contribution is 0.324. The Kier molecular flexibility index (Phi) is 3.64. The zero-order chi connectivity index (χ0) is 13.2. The molecule has 0 atom stereocenters. The van der Waals surface area contributed by atoms with Crippen molar-refractivity contribution in [1.82, 2.24) is 9.47 Å². The SMILES string of the molecule is ONc1ccc2c(Cl)cn(CCN3CCCC3)c2c1. The predicted octanol–water partition coefficient (Wildman–Crippen LogP) is 3.19. The van der Waals surface area contributed by atoms with Gasteiger partial charge in [0.15, 0.2) is 0 Å². The van der Waals surface area contributed by atoms with Crippen molar-refractivity contribution >= 4 is 28.2 Å². The van der Waals surface area contributed by atoms with Crippen LogP contribution in [0.1, 0.15) is 12.8 Å². The highest BCUT2D eigenvalue weighted by atomic mass is 35.5. The van der Waals surface area contributed by atoms with E-state index in [1.807, 2.05) is 24.4 Å². The maximum atomic E-state index is 9.00. The van der Waals surface area contributed by atoms with E-state index in [9.17, 15) is 0 Å². The lowest BCUT2D eigenvalue weighted by Gasteiger charge is -2.15. The molecule has 102 valence electrons. The van der Waals surface area contributed by atoms with Crippen LogP contribution in [0.25, 0.3) is 10.9 Å². The second-order valence-electron chi connectivity index (χ2n) is 5.06. The van der Waals surface area contributed by atoms with Crippen LogP contribution in [0.3, 0.4) is 0 Å². The van der Waals surface area contributed by atoms with E-state index in [2.05, 4.69) is 14.9 Å². The summed E-state index contributed by atoms with van der Waals surface area (Å²) in [5, 5.41) is 10.8. The number of aromatic nitrogens is 1. The van der Waals surface area contributed by atoms with Gasteiger partial charge >= 0.3 is 0 Å². The van der Waals surface area contributed by atoms with E-state index < -0.39 is 0 Å². The molecule has 1 aliphatic heterocycles. The Balaban J connectivity index is 1.84. The smallest absolute Gasteiger partial charge is 0.0661 e. The number of likely N-dealkylation sites (tertiary alicyclic amines) is 1. The van der Waals surface area contributed by atoms with Crippen LogP contribution in [-0.4, -0.2) is 34.3 Å². The van der Waals surface area contributed by atoms with Gasteiger partial charge in [0.2, 0.25) is 0 Å². The first-order chi connectivity index (χ1) is 9.28. The molecule has 0 aliphatic carbocycles. The Bertz CT molecular complexity index is 575. The zero-order valence-corrected chi connectivity index (χ0v) is 11.5. The fourth-order valence-corrected chi connectivity index (χ4v) is 3.03. The molecule has 0 saturated carbocycles. The van der Waals surface area contributed by atoms with Crippen molar-refractivity contribution in [2.75, 3.05) is 25.1 Å². The van der Waals surface area contributed by atoms with E-state index in [-0.39, 0.29) is 0 Å². The van der Waals surface area contributed by atoms with E-state index in [1.54, 1.807) is 0 Å². The molecule has 0 radical (unpaired) electrons. The van der Waals surface area contributed by atoms with Crippen LogP contribution in [0.4, 0.5) is 5.69 Å². The van der Waals surface area contributed by atoms with Crippen molar-refractivity contribution in [3.05, 3.63) is 29.4 Å². The minimum absolute atomic E-state index is 0.685. The molecule has 1 saturated heterocycles. The highest BCUT2D eigenvalue weighted by molar-refractivity contribution is 6.35. The number of nitrogens with one attached hydrogen (secondary N) is 1. The number of anilines is 1. The zero-order valence-electron chi connectivity index (χ0n) is 10.8. The molecule has 1 fully saturated rings. The molecule has 3 rings (SSSR count). The van der Waals surface area contributed by atoms with Gasteiger partial charge in [-0.15, -0.1) is 0 Å². The molecule has 4 nitrogen and oxygen atoms in total. The topological polar surface area (TPSA) is 40.4 Å². The van der Waals surface area contributed by atoms with Gasteiger partial charge in [0.05, 0.1) is 16.2 Å². The van der Waals surface area contributed by atoms with Crippen molar-refractivity contribution in [2.24, 2.45) is 0 Å². The fourth-order valence-electron chi connectivity index (χ4n) is 2.76. The van der Waals surface area contributed by atoms with Crippen LogP contribution in [0.2, 0.25) is 5.02 Å². The third-order valence-electron chi connectivity index (χ3n) is 3.82. The largest absolute Gasteiger partial charge is 0.345 e. The quantitative estimate of drug-likeness (QED) is 0.845. The maximum absolute atomic E-state index is 9.00. The second-order valence-corrected chi connectivity index (χ2v) is 5.47. The standard InChI is InChI=1S/C14H18ClN3O/c15-13-10-18(8-7-17-5-1-2-6-17)14-9-11(16-19)3-4-12(13)14/h3-4,9-10,16,19H,1-2,5-8H2.